The van der Waals surface area contributed by atoms with E-state index in [4.69, 9.17) is 28.0 Å². The van der Waals surface area contributed by atoms with Crippen LogP contribution in [0.1, 0.15) is 17.5 Å². The molecule has 0 aliphatic carbocycles. The maximum absolute atomic E-state index is 13.5. The van der Waals surface area contributed by atoms with Crippen LogP contribution < -0.4 is 5.32 Å². The molecule has 1 aliphatic rings. The van der Waals surface area contributed by atoms with Crippen molar-refractivity contribution in [2.45, 2.75) is 19.1 Å². The van der Waals surface area contributed by atoms with Gasteiger partial charge < -0.3 is 10.2 Å². The van der Waals surface area contributed by atoms with Gasteiger partial charge in [-0.2, -0.15) is 0 Å². The summed E-state index contributed by atoms with van der Waals surface area (Å²) in [7, 11) is 0. The zero-order valence-electron chi connectivity index (χ0n) is 12.5. The third-order valence-electron chi connectivity index (χ3n) is 3.69. The molecule has 1 N–H and O–H groups in total. The van der Waals surface area contributed by atoms with Crippen molar-refractivity contribution in [1.82, 2.24) is 5.32 Å². The van der Waals surface area contributed by atoms with Crippen LogP contribution in [-0.2, 0) is 11.4 Å². The predicted molar refractivity (Wildman–Crippen MR) is 90.6 cm³/mol. The fraction of sp³-hybridized carbons (Fsp3) is 0.235. The third kappa shape index (κ3) is 4.04. The van der Waals surface area contributed by atoms with Crippen LogP contribution in [0.15, 0.2) is 41.6 Å². The molecule has 0 fully saturated rings. The Bertz CT molecular complexity index is 783. The number of hydrogen-bond donors (Lipinski definition) is 1. The van der Waals surface area contributed by atoms with E-state index in [0.717, 1.165) is 17.3 Å². The van der Waals surface area contributed by atoms with Crippen molar-refractivity contribution in [2.24, 2.45) is 5.16 Å². The zero-order chi connectivity index (χ0) is 17.1. The highest BCUT2D eigenvalue weighted by Crippen LogP contribution is 2.25. The number of rotatable bonds is 5. The molecule has 0 spiro atoms. The third-order valence-corrected chi connectivity index (χ3v) is 4.43. The molecule has 1 unspecified atom stereocenters. The Labute approximate surface area is 148 Å². The molecule has 2 aromatic rings. The lowest BCUT2D eigenvalue weighted by Crippen LogP contribution is -2.27. The SMILES string of the molecule is Fc1ccc(CNCC2CC(c3ccc(Cl)c(Cl)c3)=NO2)c(F)c1. The van der Waals surface area contributed by atoms with Gasteiger partial charge in [-0.25, -0.2) is 8.78 Å². The summed E-state index contributed by atoms with van der Waals surface area (Å²) in [6, 6.07) is 8.82. The van der Waals surface area contributed by atoms with Gasteiger partial charge in [0.05, 0.1) is 15.8 Å². The summed E-state index contributed by atoms with van der Waals surface area (Å²) in [5.41, 5.74) is 2.05. The van der Waals surface area contributed by atoms with E-state index in [1.165, 1.54) is 12.1 Å². The zero-order valence-corrected chi connectivity index (χ0v) is 14.0. The van der Waals surface area contributed by atoms with E-state index in [9.17, 15) is 8.78 Å². The van der Waals surface area contributed by atoms with Crippen molar-refractivity contribution in [2.75, 3.05) is 6.54 Å². The molecule has 126 valence electrons. The molecule has 1 aliphatic heterocycles. The second kappa shape index (κ2) is 7.47. The fourth-order valence-electron chi connectivity index (χ4n) is 2.42. The van der Waals surface area contributed by atoms with Crippen LogP contribution in [0, 0.1) is 11.6 Å². The second-order valence-corrected chi connectivity index (χ2v) is 6.28. The van der Waals surface area contributed by atoms with Crippen LogP contribution in [0.3, 0.4) is 0 Å². The largest absolute Gasteiger partial charge is 0.390 e. The van der Waals surface area contributed by atoms with Gasteiger partial charge in [-0.15, -0.1) is 0 Å². The first-order chi connectivity index (χ1) is 11.5. The molecule has 3 rings (SSSR count). The molecule has 0 aromatic heterocycles. The summed E-state index contributed by atoms with van der Waals surface area (Å²) >= 11 is 11.9. The van der Waals surface area contributed by atoms with Crippen molar-refractivity contribution >= 4 is 28.9 Å². The molecule has 0 saturated carbocycles. The minimum Gasteiger partial charge on any atom is -0.390 e. The Hall–Kier alpha value is -1.69. The number of nitrogens with zero attached hydrogens (tertiary/aromatic N) is 1. The lowest BCUT2D eigenvalue weighted by atomic mass is 10.1. The Balaban J connectivity index is 1.51. The van der Waals surface area contributed by atoms with Gasteiger partial charge in [-0.05, 0) is 18.2 Å². The molecule has 3 nitrogen and oxygen atoms in total. The highest BCUT2D eigenvalue weighted by atomic mass is 35.5. The first kappa shape index (κ1) is 17.1. The Morgan fingerprint density at radius 1 is 1.12 bits per heavy atom. The molecule has 0 bridgehead atoms. The van der Waals surface area contributed by atoms with Crippen molar-refractivity contribution in [3.8, 4) is 0 Å². The Kier molecular flexibility index (Phi) is 5.33. The molecule has 1 heterocycles. The molecule has 7 heteroatoms. The highest BCUT2D eigenvalue weighted by Gasteiger charge is 2.22. The van der Waals surface area contributed by atoms with Crippen LogP contribution in [0.4, 0.5) is 8.78 Å². The van der Waals surface area contributed by atoms with Gasteiger partial charge in [0, 0.05) is 36.7 Å². The molecule has 2 aromatic carbocycles. The number of hydrogen-bond acceptors (Lipinski definition) is 3. The Morgan fingerprint density at radius 2 is 1.96 bits per heavy atom. The summed E-state index contributed by atoms with van der Waals surface area (Å²) in [4.78, 5) is 5.37. The fourth-order valence-corrected chi connectivity index (χ4v) is 2.71. The molecule has 1 atom stereocenters. The van der Waals surface area contributed by atoms with E-state index >= 15 is 0 Å². The summed E-state index contributed by atoms with van der Waals surface area (Å²) < 4.78 is 26.4. The quantitative estimate of drug-likeness (QED) is 0.837. The minimum absolute atomic E-state index is 0.155. The smallest absolute Gasteiger partial charge is 0.145 e. The van der Waals surface area contributed by atoms with Crippen molar-refractivity contribution in [3.63, 3.8) is 0 Å². The van der Waals surface area contributed by atoms with Crippen LogP contribution >= 0.6 is 23.2 Å². The van der Waals surface area contributed by atoms with E-state index in [1.807, 2.05) is 6.07 Å². The van der Waals surface area contributed by atoms with Gasteiger partial charge in [-0.3, -0.25) is 0 Å². The summed E-state index contributed by atoms with van der Waals surface area (Å²) in [6.45, 7) is 0.777. The van der Waals surface area contributed by atoms with Gasteiger partial charge in [0.15, 0.2) is 0 Å². The average molecular weight is 371 g/mol. The topological polar surface area (TPSA) is 33.6 Å². The lowest BCUT2D eigenvalue weighted by Gasteiger charge is -2.10. The molecular formula is C17H14Cl2F2N2O. The normalized spacial score (nSPS) is 16.8. The van der Waals surface area contributed by atoms with E-state index < -0.39 is 11.6 Å². The minimum atomic E-state index is -0.588. The van der Waals surface area contributed by atoms with E-state index in [-0.39, 0.29) is 12.6 Å². The van der Waals surface area contributed by atoms with E-state index in [2.05, 4.69) is 10.5 Å². The van der Waals surface area contributed by atoms with E-state index in [1.54, 1.807) is 12.1 Å². The van der Waals surface area contributed by atoms with Crippen LogP contribution in [0.5, 0.6) is 0 Å². The standard InChI is InChI=1S/C17H14Cl2F2N2O/c18-14-4-2-10(5-15(14)19)17-7-13(24-23-17)9-22-8-11-1-3-12(20)6-16(11)21/h1-6,13,22H,7-9H2. The van der Waals surface area contributed by atoms with Gasteiger partial charge in [0.1, 0.15) is 17.7 Å². The predicted octanol–water partition coefficient (Wildman–Crippen LogP) is 4.55. The number of halogens is 4. The van der Waals surface area contributed by atoms with Crippen LogP contribution in [-0.4, -0.2) is 18.4 Å². The van der Waals surface area contributed by atoms with Crippen LogP contribution in [0.25, 0.3) is 0 Å². The molecule has 0 radical (unpaired) electrons. The Morgan fingerprint density at radius 3 is 2.71 bits per heavy atom. The number of benzene rings is 2. The summed E-state index contributed by atoms with van der Waals surface area (Å²) in [6.07, 6.45) is 0.453. The molecule has 0 saturated heterocycles. The van der Waals surface area contributed by atoms with E-state index in [0.29, 0.717) is 28.6 Å². The number of nitrogens with one attached hydrogen (secondary N) is 1. The molecular weight excluding hydrogens is 357 g/mol. The van der Waals surface area contributed by atoms with Crippen molar-refractivity contribution in [3.05, 3.63) is 69.2 Å². The first-order valence-electron chi connectivity index (χ1n) is 7.35. The van der Waals surface area contributed by atoms with Gasteiger partial charge in [-0.1, -0.05) is 40.5 Å². The maximum Gasteiger partial charge on any atom is 0.145 e. The maximum atomic E-state index is 13.5. The molecule has 24 heavy (non-hydrogen) atoms. The average Bonchev–Trinajstić information content (AvgIpc) is 3.01. The first-order valence-corrected chi connectivity index (χ1v) is 8.11. The second-order valence-electron chi connectivity index (χ2n) is 5.47. The highest BCUT2D eigenvalue weighted by molar-refractivity contribution is 6.42. The van der Waals surface area contributed by atoms with Crippen LogP contribution in [0.2, 0.25) is 10.0 Å². The van der Waals surface area contributed by atoms with Crippen molar-refractivity contribution < 1.29 is 13.6 Å². The monoisotopic (exact) mass is 370 g/mol. The summed E-state index contributed by atoms with van der Waals surface area (Å²) in [5.74, 6) is -1.15. The van der Waals surface area contributed by atoms with Gasteiger partial charge >= 0.3 is 0 Å². The van der Waals surface area contributed by atoms with Gasteiger partial charge in [0.2, 0.25) is 0 Å². The molecule has 0 amide bonds. The summed E-state index contributed by atoms with van der Waals surface area (Å²) in [5, 5.41) is 8.10. The van der Waals surface area contributed by atoms with Crippen molar-refractivity contribution in [1.29, 1.82) is 0 Å². The number of oxime groups is 1. The lowest BCUT2D eigenvalue weighted by molar-refractivity contribution is 0.0848. The van der Waals surface area contributed by atoms with Gasteiger partial charge in [0.25, 0.3) is 0 Å².